The molecule has 0 bridgehead atoms. The van der Waals surface area contributed by atoms with Crippen molar-refractivity contribution in [3.05, 3.63) is 59.7 Å². The fraction of sp³-hybridized carbons (Fsp3) is 0.579. The number of carbonyl (C=O) groups excluding carboxylic acids is 4. The van der Waals surface area contributed by atoms with E-state index in [0.717, 1.165) is 24.0 Å². The lowest BCUT2D eigenvalue weighted by molar-refractivity contribution is -0.147. The van der Waals surface area contributed by atoms with Crippen LogP contribution in [0, 0.1) is 5.92 Å². The zero-order valence-corrected chi connectivity index (χ0v) is 31.0. The Morgan fingerprint density at radius 2 is 1.43 bits per heavy atom. The molecule has 1 aliphatic heterocycles. The average molecular weight is 710 g/mol. The largest absolute Gasteiger partial charge is 0.454 e. The summed E-state index contributed by atoms with van der Waals surface area (Å²) in [7, 11) is 0. The van der Waals surface area contributed by atoms with E-state index in [0.29, 0.717) is 70.2 Å². The van der Waals surface area contributed by atoms with E-state index in [4.69, 9.17) is 20.9 Å². The summed E-state index contributed by atoms with van der Waals surface area (Å²) in [5.41, 5.74) is 13.1. The summed E-state index contributed by atoms with van der Waals surface area (Å²) in [6.07, 6.45) is 3.00. The van der Waals surface area contributed by atoms with Gasteiger partial charge in [-0.3, -0.25) is 19.2 Å². The van der Waals surface area contributed by atoms with Crippen LogP contribution in [0.5, 0.6) is 11.5 Å². The minimum absolute atomic E-state index is 0.112. The van der Waals surface area contributed by atoms with Crippen molar-refractivity contribution in [2.75, 3.05) is 72.2 Å². The summed E-state index contributed by atoms with van der Waals surface area (Å²) < 4.78 is 11.0. The van der Waals surface area contributed by atoms with Crippen LogP contribution in [-0.4, -0.2) is 115 Å². The number of fused-ring (bicyclic) bond motifs is 1. The number of rotatable bonds is 23. The van der Waals surface area contributed by atoms with E-state index in [1.165, 1.54) is 4.90 Å². The number of hydrogen-bond donors (Lipinski definition) is 3. The van der Waals surface area contributed by atoms with E-state index in [2.05, 4.69) is 5.32 Å². The predicted molar refractivity (Wildman–Crippen MR) is 198 cm³/mol. The maximum Gasteiger partial charge on any atom is 0.243 e. The maximum atomic E-state index is 14.3. The van der Waals surface area contributed by atoms with E-state index >= 15 is 0 Å². The molecule has 0 aliphatic carbocycles. The van der Waals surface area contributed by atoms with Crippen molar-refractivity contribution >= 4 is 23.6 Å². The van der Waals surface area contributed by atoms with Gasteiger partial charge in [-0.2, -0.15) is 0 Å². The van der Waals surface area contributed by atoms with Crippen LogP contribution < -0.4 is 26.3 Å². The highest BCUT2D eigenvalue weighted by Crippen LogP contribution is 2.33. The van der Waals surface area contributed by atoms with Crippen LogP contribution >= 0.6 is 0 Å². The lowest BCUT2D eigenvalue weighted by Crippen LogP contribution is -2.51. The van der Waals surface area contributed by atoms with Gasteiger partial charge in [-0.1, -0.05) is 50.2 Å². The number of nitrogens with two attached hydrogens (primary N) is 2. The summed E-state index contributed by atoms with van der Waals surface area (Å²) in [4.78, 5) is 61.6. The molecule has 1 heterocycles. The summed E-state index contributed by atoms with van der Waals surface area (Å²) in [5, 5.41) is 3.16. The molecule has 51 heavy (non-hydrogen) atoms. The van der Waals surface area contributed by atoms with Gasteiger partial charge in [0.2, 0.25) is 30.4 Å². The summed E-state index contributed by atoms with van der Waals surface area (Å²) in [5.74, 6) is 0.359. The molecule has 0 fully saturated rings. The van der Waals surface area contributed by atoms with Crippen LogP contribution in [0.3, 0.4) is 0 Å². The van der Waals surface area contributed by atoms with E-state index in [9.17, 15) is 19.2 Å². The molecule has 13 nitrogen and oxygen atoms in total. The fourth-order valence-electron chi connectivity index (χ4n) is 5.89. The smallest absolute Gasteiger partial charge is 0.243 e. The van der Waals surface area contributed by atoms with Crippen molar-refractivity contribution in [3.63, 3.8) is 0 Å². The molecular weight excluding hydrogens is 650 g/mol. The van der Waals surface area contributed by atoms with Crippen molar-refractivity contribution in [1.82, 2.24) is 24.9 Å². The molecule has 282 valence electrons. The molecule has 2 aromatic rings. The first-order valence-corrected chi connectivity index (χ1v) is 18.2. The highest BCUT2D eigenvalue weighted by atomic mass is 16.7. The number of nitrogens with one attached hydrogen (secondary N) is 1. The van der Waals surface area contributed by atoms with Gasteiger partial charge >= 0.3 is 0 Å². The van der Waals surface area contributed by atoms with Gasteiger partial charge in [-0.15, -0.1) is 0 Å². The number of amides is 4. The predicted octanol–water partition coefficient (Wildman–Crippen LogP) is 2.73. The molecular formula is C38H59N7O6. The number of nitrogens with zero attached hydrogens (tertiary/aromatic N) is 4. The van der Waals surface area contributed by atoms with Crippen molar-refractivity contribution in [1.29, 1.82) is 0 Å². The monoisotopic (exact) mass is 709 g/mol. The van der Waals surface area contributed by atoms with E-state index in [-0.39, 0.29) is 62.5 Å². The maximum absolute atomic E-state index is 14.3. The Morgan fingerprint density at radius 3 is 2.12 bits per heavy atom. The number of ether oxygens (including phenoxy) is 2. The van der Waals surface area contributed by atoms with Gasteiger partial charge in [0.15, 0.2) is 11.5 Å². The normalized spacial score (nSPS) is 12.5. The lowest BCUT2D eigenvalue weighted by Gasteiger charge is -2.34. The third-order valence-corrected chi connectivity index (χ3v) is 8.83. The highest BCUT2D eigenvalue weighted by Gasteiger charge is 2.30. The Morgan fingerprint density at radius 1 is 0.765 bits per heavy atom. The molecule has 0 saturated heterocycles. The third kappa shape index (κ3) is 13.5. The second kappa shape index (κ2) is 21.9. The van der Waals surface area contributed by atoms with Gasteiger partial charge in [0.1, 0.15) is 6.54 Å². The molecule has 1 aliphatic rings. The van der Waals surface area contributed by atoms with Crippen molar-refractivity contribution in [3.8, 4) is 11.5 Å². The summed E-state index contributed by atoms with van der Waals surface area (Å²) in [6.45, 7) is 10.7. The van der Waals surface area contributed by atoms with Gasteiger partial charge in [0, 0.05) is 26.2 Å². The second-order valence-electron chi connectivity index (χ2n) is 13.4. The Hall–Kier alpha value is -4.20. The Balaban J connectivity index is 1.80. The minimum atomic E-state index is -0.447. The number of carbonyl (C=O) groups is 4. The van der Waals surface area contributed by atoms with Gasteiger partial charge in [0.05, 0.1) is 25.7 Å². The molecule has 0 saturated carbocycles. The van der Waals surface area contributed by atoms with Crippen LogP contribution in [0.15, 0.2) is 48.5 Å². The van der Waals surface area contributed by atoms with E-state index < -0.39 is 6.04 Å². The Labute approximate surface area is 303 Å². The molecule has 0 spiro atoms. The molecule has 2 aromatic carbocycles. The van der Waals surface area contributed by atoms with Gasteiger partial charge in [0.25, 0.3) is 0 Å². The standard InChI is InChI=1S/C38H59N7O6/c1-5-42(24-31-15-16-33-34(21-31)51-28-50-33)37(48)27-45(30(4)32-13-7-6-8-14-32)38(49)26-43(20-12-10-18-40)36(47)25-44(23-29(2)3)35(46)22-41-19-11-9-17-39/h6-8,13-16,21,29-30,41H,5,9-12,17-20,22-28,39-40H2,1-4H3. The van der Waals surface area contributed by atoms with Crippen LogP contribution in [0.25, 0.3) is 0 Å². The first-order chi connectivity index (χ1) is 24.6. The minimum Gasteiger partial charge on any atom is -0.454 e. The molecule has 0 aromatic heterocycles. The number of hydrogen-bond acceptors (Lipinski definition) is 9. The molecule has 5 N–H and O–H groups in total. The van der Waals surface area contributed by atoms with Crippen LogP contribution in [0.4, 0.5) is 0 Å². The zero-order valence-electron chi connectivity index (χ0n) is 31.0. The summed E-state index contributed by atoms with van der Waals surface area (Å²) in [6, 6.07) is 14.7. The Kier molecular flexibility index (Phi) is 17.7. The topological polar surface area (TPSA) is 164 Å². The molecule has 0 radical (unpaired) electrons. The van der Waals surface area contributed by atoms with Crippen LogP contribution in [-0.2, 0) is 25.7 Å². The summed E-state index contributed by atoms with van der Waals surface area (Å²) >= 11 is 0. The van der Waals surface area contributed by atoms with Gasteiger partial charge in [-0.25, -0.2) is 0 Å². The third-order valence-electron chi connectivity index (χ3n) is 8.83. The zero-order chi connectivity index (χ0) is 37.2. The first-order valence-electron chi connectivity index (χ1n) is 18.2. The van der Waals surface area contributed by atoms with Crippen molar-refractivity contribution < 1.29 is 28.7 Å². The molecule has 1 unspecified atom stereocenters. The molecule has 3 rings (SSSR count). The fourth-order valence-corrected chi connectivity index (χ4v) is 5.89. The SMILES string of the molecule is CCN(Cc1ccc2c(c1)OCO2)C(=O)CN(C(=O)CN(CCCCN)C(=O)CN(CC(C)C)C(=O)CNCCCCN)C(C)c1ccccc1. The quantitative estimate of drug-likeness (QED) is 0.147. The Bertz CT molecular complexity index is 1390. The van der Waals surface area contributed by atoms with E-state index in [1.807, 2.05) is 76.2 Å². The van der Waals surface area contributed by atoms with Crippen LogP contribution in [0.2, 0.25) is 0 Å². The van der Waals surface area contributed by atoms with Gasteiger partial charge in [-0.05, 0) is 88.3 Å². The van der Waals surface area contributed by atoms with Crippen LogP contribution in [0.1, 0.15) is 70.5 Å². The highest BCUT2D eigenvalue weighted by molar-refractivity contribution is 5.90. The van der Waals surface area contributed by atoms with Crippen molar-refractivity contribution in [2.24, 2.45) is 17.4 Å². The number of unbranched alkanes of at least 4 members (excludes halogenated alkanes) is 2. The molecule has 4 amide bonds. The van der Waals surface area contributed by atoms with Crippen molar-refractivity contribution in [2.45, 2.75) is 66.0 Å². The van der Waals surface area contributed by atoms with Gasteiger partial charge < -0.3 is 45.9 Å². The van der Waals surface area contributed by atoms with E-state index in [1.54, 1.807) is 14.7 Å². The molecule has 13 heteroatoms. The lowest BCUT2D eigenvalue weighted by atomic mass is 10.1. The average Bonchev–Trinajstić information content (AvgIpc) is 3.60. The number of likely N-dealkylation sites (N-methyl/N-ethyl adjacent to an activating group) is 1. The number of benzene rings is 2. The first kappa shape index (κ1) is 41.2. The molecule has 1 atom stereocenters. The second-order valence-corrected chi connectivity index (χ2v) is 13.4.